The molecule has 11 heteroatoms. The maximum atomic E-state index is 12.4. The van der Waals surface area contributed by atoms with Crippen LogP contribution in [0.3, 0.4) is 0 Å². The summed E-state index contributed by atoms with van der Waals surface area (Å²) in [6, 6.07) is 13.3. The number of amides is 1. The quantitative estimate of drug-likeness (QED) is 0.358. The number of carbonyl (C=O) groups excluding carboxylic acids is 1. The fourth-order valence-electron chi connectivity index (χ4n) is 2.38. The molecular formula is C19H21N7O3S. The van der Waals surface area contributed by atoms with Crippen LogP contribution in [0.1, 0.15) is 21.5 Å². The standard InChI is InChI=1S/C19H21N7O3S/c1-12-3-7-14(8-4-12)19(27)25-23-17-16(20)18(22-11-21-17)24-26-30(28,29)15-9-5-13(2)6-10-15/h3-11,26H,20H2,1-2H3,(H,25,27)(H2,21,22,23,24). The van der Waals surface area contributed by atoms with E-state index in [1.165, 1.54) is 18.5 Å². The molecule has 0 atom stereocenters. The lowest BCUT2D eigenvalue weighted by Crippen LogP contribution is -2.32. The number of nitrogen functional groups attached to an aromatic ring is 1. The normalized spacial score (nSPS) is 11.0. The van der Waals surface area contributed by atoms with E-state index in [0.717, 1.165) is 11.1 Å². The summed E-state index contributed by atoms with van der Waals surface area (Å²) >= 11 is 0. The zero-order valence-corrected chi connectivity index (χ0v) is 17.1. The summed E-state index contributed by atoms with van der Waals surface area (Å²) < 4.78 is 24.8. The lowest BCUT2D eigenvalue weighted by atomic mass is 10.1. The molecule has 0 unspecified atom stereocenters. The second kappa shape index (κ2) is 8.76. The second-order valence-electron chi connectivity index (χ2n) is 6.47. The number of hydrazine groups is 2. The zero-order valence-electron chi connectivity index (χ0n) is 16.3. The van der Waals surface area contributed by atoms with Crippen molar-refractivity contribution >= 4 is 33.3 Å². The maximum Gasteiger partial charge on any atom is 0.269 e. The van der Waals surface area contributed by atoms with E-state index in [1.807, 2.05) is 26.0 Å². The van der Waals surface area contributed by atoms with Crippen LogP contribution in [0.25, 0.3) is 0 Å². The number of aromatic nitrogens is 2. The number of benzene rings is 2. The lowest BCUT2D eigenvalue weighted by molar-refractivity contribution is 0.0962. The fraction of sp³-hybridized carbons (Fsp3) is 0.105. The number of nitrogens with one attached hydrogen (secondary N) is 4. The third kappa shape index (κ3) is 5.01. The van der Waals surface area contributed by atoms with E-state index in [-0.39, 0.29) is 28.1 Å². The molecule has 6 N–H and O–H groups in total. The van der Waals surface area contributed by atoms with Crippen LogP contribution < -0.4 is 26.8 Å². The van der Waals surface area contributed by atoms with Crippen molar-refractivity contribution < 1.29 is 13.2 Å². The van der Waals surface area contributed by atoms with Crippen LogP contribution in [-0.4, -0.2) is 24.3 Å². The molecular weight excluding hydrogens is 406 g/mol. The van der Waals surface area contributed by atoms with Crippen LogP contribution in [-0.2, 0) is 10.0 Å². The number of nitrogens with two attached hydrogens (primary N) is 1. The number of sulfonamides is 1. The van der Waals surface area contributed by atoms with Gasteiger partial charge in [0.15, 0.2) is 11.6 Å². The second-order valence-corrected chi connectivity index (χ2v) is 8.16. The summed E-state index contributed by atoms with van der Waals surface area (Å²) in [5.74, 6) is -0.266. The average Bonchev–Trinajstić information content (AvgIpc) is 2.73. The van der Waals surface area contributed by atoms with Gasteiger partial charge in [-0.05, 0) is 38.1 Å². The average molecular weight is 427 g/mol. The zero-order chi connectivity index (χ0) is 21.7. The van der Waals surface area contributed by atoms with E-state index in [0.29, 0.717) is 5.56 Å². The molecule has 10 nitrogen and oxygen atoms in total. The van der Waals surface area contributed by atoms with Crippen molar-refractivity contribution in [1.29, 1.82) is 0 Å². The maximum absolute atomic E-state index is 12.4. The molecule has 0 aliphatic carbocycles. The number of anilines is 3. The number of nitrogens with zero attached hydrogens (tertiary/aromatic N) is 2. The van der Waals surface area contributed by atoms with Crippen LogP contribution in [0.5, 0.6) is 0 Å². The molecule has 30 heavy (non-hydrogen) atoms. The SMILES string of the molecule is Cc1ccc(C(=O)NNc2ncnc(NNS(=O)(=O)c3ccc(C)cc3)c2N)cc1. The van der Waals surface area contributed by atoms with Gasteiger partial charge in [0.25, 0.3) is 15.9 Å². The third-order valence-corrected chi connectivity index (χ3v) is 5.39. The van der Waals surface area contributed by atoms with E-state index in [9.17, 15) is 13.2 Å². The first-order valence-corrected chi connectivity index (χ1v) is 10.3. The van der Waals surface area contributed by atoms with Gasteiger partial charge in [-0.25, -0.2) is 18.4 Å². The van der Waals surface area contributed by atoms with Gasteiger partial charge in [0, 0.05) is 5.56 Å². The van der Waals surface area contributed by atoms with Crippen molar-refractivity contribution in [2.75, 3.05) is 16.6 Å². The Balaban J connectivity index is 1.66. The predicted octanol–water partition coefficient (Wildman–Crippen LogP) is 1.74. The van der Waals surface area contributed by atoms with Crippen molar-refractivity contribution in [3.8, 4) is 0 Å². The van der Waals surface area contributed by atoms with Crippen molar-refractivity contribution in [2.24, 2.45) is 0 Å². The molecule has 1 heterocycles. The highest BCUT2D eigenvalue weighted by Crippen LogP contribution is 2.21. The summed E-state index contributed by atoms with van der Waals surface area (Å²) in [4.78, 5) is 22.4. The van der Waals surface area contributed by atoms with Crippen LogP contribution in [0, 0.1) is 13.8 Å². The first-order valence-electron chi connectivity index (χ1n) is 8.84. The van der Waals surface area contributed by atoms with Gasteiger partial charge in [0.1, 0.15) is 12.0 Å². The molecule has 2 aromatic carbocycles. The van der Waals surface area contributed by atoms with Gasteiger partial charge in [-0.3, -0.25) is 21.1 Å². The third-order valence-electron chi connectivity index (χ3n) is 4.13. The van der Waals surface area contributed by atoms with Gasteiger partial charge in [-0.1, -0.05) is 35.4 Å². The first-order chi connectivity index (χ1) is 14.3. The Morgan fingerprint density at radius 2 is 1.40 bits per heavy atom. The molecule has 1 amide bonds. The van der Waals surface area contributed by atoms with E-state index < -0.39 is 10.0 Å². The highest BCUT2D eigenvalue weighted by atomic mass is 32.2. The summed E-state index contributed by atoms with van der Waals surface area (Å²) in [6.45, 7) is 3.78. The van der Waals surface area contributed by atoms with E-state index in [2.05, 4.69) is 31.1 Å². The Morgan fingerprint density at radius 1 is 0.867 bits per heavy atom. The van der Waals surface area contributed by atoms with E-state index in [4.69, 9.17) is 5.73 Å². The number of hydrogen-bond acceptors (Lipinski definition) is 8. The minimum absolute atomic E-state index is 0.00770. The molecule has 0 aliphatic heterocycles. The monoisotopic (exact) mass is 427 g/mol. The van der Waals surface area contributed by atoms with Crippen LogP contribution in [0.4, 0.5) is 17.3 Å². The van der Waals surface area contributed by atoms with Gasteiger partial charge in [-0.2, -0.15) is 0 Å². The Kier molecular flexibility index (Phi) is 6.14. The molecule has 0 radical (unpaired) electrons. The molecule has 0 saturated carbocycles. The molecule has 3 rings (SSSR count). The fourth-order valence-corrected chi connectivity index (χ4v) is 3.22. The Hall–Kier alpha value is -3.70. The van der Waals surface area contributed by atoms with Crippen molar-refractivity contribution in [3.05, 3.63) is 71.5 Å². The van der Waals surface area contributed by atoms with Gasteiger partial charge in [0.2, 0.25) is 0 Å². The van der Waals surface area contributed by atoms with Crippen LogP contribution in [0.15, 0.2) is 59.8 Å². The molecule has 3 aromatic rings. The molecule has 0 saturated heterocycles. The Labute approximate surface area is 173 Å². The summed E-state index contributed by atoms with van der Waals surface area (Å²) in [5, 5.41) is 0. The van der Waals surface area contributed by atoms with Crippen molar-refractivity contribution in [1.82, 2.24) is 20.2 Å². The first kappa shape index (κ1) is 21.0. The summed E-state index contributed by atoms with van der Waals surface area (Å²) in [5.41, 5.74) is 16.0. The van der Waals surface area contributed by atoms with Crippen molar-refractivity contribution in [3.63, 3.8) is 0 Å². The number of hydrogen-bond donors (Lipinski definition) is 5. The van der Waals surface area contributed by atoms with Crippen molar-refractivity contribution in [2.45, 2.75) is 18.7 Å². The molecule has 0 spiro atoms. The minimum Gasteiger partial charge on any atom is -0.393 e. The topological polar surface area (TPSA) is 151 Å². The molecule has 156 valence electrons. The van der Waals surface area contributed by atoms with Gasteiger partial charge < -0.3 is 5.73 Å². The molecule has 0 aliphatic rings. The largest absolute Gasteiger partial charge is 0.393 e. The number of aryl methyl sites for hydroxylation is 2. The van der Waals surface area contributed by atoms with E-state index >= 15 is 0 Å². The molecule has 0 fully saturated rings. The highest BCUT2D eigenvalue weighted by Gasteiger charge is 2.16. The van der Waals surface area contributed by atoms with Crippen LogP contribution >= 0.6 is 0 Å². The highest BCUT2D eigenvalue weighted by molar-refractivity contribution is 7.89. The van der Waals surface area contributed by atoms with E-state index in [1.54, 1.807) is 24.3 Å². The summed E-state index contributed by atoms with van der Waals surface area (Å²) in [7, 11) is -3.84. The Morgan fingerprint density at radius 3 is 2.00 bits per heavy atom. The smallest absolute Gasteiger partial charge is 0.269 e. The molecule has 1 aromatic heterocycles. The van der Waals surface area contributed by atoms with Gasteiger partial charge >= 0.3 is 0 Å². The lowest BCUT2D eigenvalue weighted by Gasteiger charge is -2.14. The van der Waals surface area contributed by atoms with Gasteiger partial charge in [-0.15, -0.1) is 4.83 Å². The molecule has 0 bridgehead atoms. The minimum atomic E-state index is -3.84. The number of carbonyl (C=O) groups is 1. The van der Waals surface area contributed by atoms with Gasteiger partial charge in [0.05, 0.1) is 4.90 Å². The predicted molar refractivity (Wildman–Crippen MR) is 114 cm³/mol. The van der Waals surface area contributed by atoms with Crippen LogP contribution in [0.2, 0.25) is 0 Å². The summed E-state index contributed by atoms with van der Waals surface area (Å²) in [6.07, 6.45) is 1.17. The Bertz CT molecular complexity index is 1150. The number of rotatable bonds is 7.